The molecule has 0 aliphatic rings. The highest BCUT2D eigenvalue weighted by Gasteiger charge is 2.06. The van der Waals surface area contributed by atoms with Crippen LogP contribution < -0.4 is 5.73 Å². The molecular formula is C12H12ClNOS. The third-order valence-electron chi connectivity index (χ3n) is 2.23. The van der Waals surface area contributed by atoms with Gasteiger partial charge in [0.25, 0.3) is 0 Å². The maximum absolute atomic E-state index is 6.07. The minimum absolute atomic E-state index is 0.458. The number of halogens is 1. The van der Waals surface area contributed by atoms with E-state index in [-0.39, 0.29) is 0 Å². The molecule has 0 unspecified atom stereocenters. The first-order valence-corrected chi connectivity index (χ1v) is 6.30. The lowest BCUT2D eigenvalue weighted by molar-refractivity contribution is 0.530. The molecule has 0 radical (unpaired) electrons. The van der Waals surface area contributed by atoms with Crippen molar-refractivity contribution in [1.29, 1.82) is 0 Å². The molecule has 2 N–H and O–H groups in total. The number of benzene rings is 1. The molecule has 0 atom stereocenters. The van der Waals surface area contributed by atoms with Crippen molar-refractivity contribution >= 4 is 23.4 Å². The smallest absolute Gasteiger partial charge is 0.113 e. The molecular weight excluding hydrogens is 242 g/mol. The number of hydrogen-bond donors (Lipinski definition) is 1. The van der Waals surface area contributed by atoms with Crippen LogP contribution in [0.3, 0.4) is 0 Å². The molecule has 0 fully saturated rings. The SMILES string of the molecule is NCc1c(Cl)cccc1SCc1ccco1. The minimum Gasteiger partial charge on any atom is -0.468 e. The van der Waals surface area contributed by atoms with E-state index < -0.39 is 0 Å². The van der Waals surface area contributed by atoms with Crippen LogP contribution in [0.5, 0.6) is 0 Å². The Hall–Kier alpha value is -0.900. The summed E-state index contributed by atoms with van der Waals surface area (Å²) in [5.74, 6) is 1.74. The van der Waals surface area contributed by atoms with E-state index in [2.05, 4.69) is 0 Å². The Morgan fingerprint density at radius 1 is 1.25 bits per heavy atom. The van der Waals surface area contributed by atoms with Gasteiger partial charge in [-0.05, 0) is 29.8 Å². The summed E-state index contributed by atoms with van der Waals surface area (Å²) in [4.78, 5) is 1.12. The van der Waals surface area contributed by atoms with E-state index in [1.54, 1.807) is 18.0 Å². The molecule has 16 heavy (non-hydrogen) atoms. The van der Waals surface area contributed by atoms with Gasteiger partial charge in [-0.15, -0.1) is 11.8 Å². The Labute approximate surface area is 104 Å². The summed E-state index contributed by atoms with van der Waals surface area (Å²) in [6.07, 6.45) is 1.68. The van der Waals surface area contributed by atoms with Crippen molar-refractivity contribution in [3.8, 4) is 0 Å². The van der Waals surface area contributed by atoms with Crippen molar-refractivity contribution in [2.45, 2.75) is 17.2 Å². The average molecular weight is 254 g/mol. The lowest BCUT2D eigenvalue weighted by Gasteiger charge is -2.08. The van der Waals surface area contributed by atoms with Gasteiger partial charge < -0.3 is 10.2 Å². The maximum Gasteiger partial charge on any atom is 0.113 e. The monoisotopic (exact) mass is 253 g/mol. The lowest BCUT2D eigenvalue weighted by Crippen LogP contribution is -1.99. The number of thioether (sulfide) groups is 1. The fraction of sp³-hybridized carbons (Fsp3) is 0.167. The largest absolute Gasteiger partial charge is 0.468 e. The van der Waals surface area contributed by atoms with Gasteiger partial charge in [0.1, 0.15) is 5.76 Å². The van der Waals surface area contributed by atoms with Crippen LogP contribution in [0.15, 0.2) is 45.9 Å². The highest BCUT2D eigenvalue weighted by Crippen LogP contribution is 2.30. The molecule has 1 aromatic carbocycles. The summed E-state index contributed by atoms with van der Waals surface area (Å²) < 4.78 is 5.27. The first-order valence-electron chi connectivity index (χ1n) is 4.94. The van der Waals surface area contributed by atoms with Crippen LogP contribution in [0.4, 0.5) is 0 Å². The fourth-order valence-electron chi connectivity index (χ4n) is 1.42. The zero-order chi connectivity index (χ0) is 11.4. The zero-order valence-corrected chi connectivity index (χ0v) is 10.2. The summed E-state index contributed by atoms with van der Waals surface area (Å²) in [5, 5.41) is 0.729. The van der Waals surface area contributed by atoms with E-state index in [0.29, 0.717) is 6.54 Å². The molecule has 2 nitrogen and oxygen atoms in total. The Bertz CT molecular complexity index is 456. The van der Waals surface area contributed by atoms with Crippen molar-refractivity contribution < 1.29 is 4.42 Å². The van der Waals surface area contributed by atoms with Crippen LogP contribution >= 0.6 is 23.4 Å². The Kier molecular flexibility index (Phi) is 3.93. The first-order chi connectivity index (χ1) is 7.81. The summed E-state index contributed by atoms with van der Waals surface area (Å²) >= 11 is 7.76. The van der Waals surface area contributed by atoms with Crippen molar-refractivity contribution in [3.63, 3.8) is 0 Å². The first kappa shape index (κ1) is 11.6. The highest BCUT2D eigenvalue weighted by molar-refractivity contribution is 7.98. The van der Waals surface area contributed by atoms with E-state index in [1.165, 1.54) is 0 Å². The quantitative estimate of drug-likeness (QED) is 0.845. The molecule has 1 heterocycles. The lowest BCUT2D eigenvalue weighted by atomic mass is 10.2. The fourth-order valence-corrected chi connectivity index (χ4v) is 2.73. The number of furan rings is 1. The van der Waals surface area contributed by atoms with E-state index in [4.69, 9.17) is 21.8 Å². The van der Waals surface area contributed by atoms with Crippen molar-refractivity contribution in [1.82, 2.24) is 0 Å². The second-order valence-electron chi connectivity index (χ2n) is 3.29. The molecule has 4 heteroatoms. The Morgan fingerprint density at radius 2 is 2.12 bits per heavy atom. The average Bonchev–Trinajstić information content (AvgIpc) is 2.79. The van der Waals surface area contributed by atoms with Crippen molar-refractivity contribution in [2.75, 3.05) is 0 Å². The third-order valence-corrected chi connectivity index (χ3v) is 3.71. The molecule has 0 spiro atoms. The van der Waals surface area contributed by atoms with Gasteiger partial charge in [0.05, 0.1) is 12.0 Å². The molecule has 0 amide bonds. The standard InChI is InChI=1S/C12H12ClNOS/c13-11-4-1-5-12(10(11)7-14)16-8-9-3-2-6-15-9/h1-6H,7-8,14H2. The number of rotatable bonds is 4. The van der Waals surface area contributed by atoms with Gasteiger partial charge in [0.2, 0.25) is 0 Å². The summed E-state index contributed by atoms with van der Waals surface area (Å²) in [7, 11) is 0. The van der Waals surface area contributed by atoms with Gasteiger partial charge in [0, 0.05) is 16.5 Å². The molecule has 0 aliphatic carbocycles. The van der Waals surface area contributed by atoms with Gasteiger partial charge in [-0.25, -0.2) is 0 Å². The third kappa shape index (κ3) is 2.61. The predicted octanol–water partition coefficient (Wildman–Crippen LogP) is 3.68. The second-order valence-corrected chi connectivity index (χ2v) is 4.71. The van der Waals surface area contributed by atoms with E-state index >= 15 is 0 Å². The second kappa shape index (κ2) is 5.43. The molecule has 2 aromatic rings. The van der Waals surface area contributed by atoms with Gasteiger partial charge in [-0.1, -0.05) is 17.7 Å². The van der Waals surface area contributed by atoms with Gasteiger partial charge in [0.15, 0.2) is 0 Å². The highest BCUT2D eigenvalue weighted by atomic mass is 35.5. The Balaban J connectivity index is 2.12. The van der Waals surface area contributed by atoms with Gasteiger partial charge in [-0.3, -0.25) is 0 Å². The van der Waals surface area contributed by atoms with Gasteiger partial charge in [-0.2, -0.15) is 0 Å². The molecule has 0 saturated heterocycles. The van der Waals surface area contributed by atoms with Crippen LogP contribution in [0.25, 0.3) is 0 Å². The van der Waals surface area contributed by atoms with Crippen LogP contribution in [0.1, 0.15) is 11.3 Å². The number of hydrogen-bond acceptors (Lipinski definition) is 3. The summed E-state index contributed by atoms with van der Waals surface area (Å²) in [6.45, 7) is 0.458. The number of nitrogens with two attached hydrogens (primary N) is 1. The van der Waals surface area contributed by atoms with Gasteiger partial charge >= 0.3 is 0 Å². The maximum atomic E-state index is 6.07. The van der Waals surface area contributed by atoms with Crippen LogP contribution in [0.2, 0.25) is 5.02 Å². The van der Waals surface area contributed by atoms with Crippen LogP contribution in [0, 0.1) is 0 Å². The van der Waals surface area contributed by atoms with E-state index in [0.717, 1.165) is 27.0 Å². The molecule has 0 saturated carbocycles. The molecule has 0 bridgehead atoms. The minimum atomic E-state index is 0.458. The normalized spacial score (nSPS) is 10.6. The molecule has 1 aromatic heterocycles. The van der Waals surface area contributed by atoms with E-state index in [1.807, 2.05) is 30.3 Å². The summed E-state index contributed by atoms with van der Waals surface area (Å²) in [6, 6.07) is 9.67. The van der Waals surface area contributed by atoms with Crippen molar-refractivity contribution in [2.24, 2.45) is 5.73 Å². The van der Waals surface area contributed by atoms with E-state index in [9.17, 15) is 0 Å². The van der Waals surface area contributed by atoms with Crippen molar-refractivity contribution in [3.05, 3.63) is 52.9 Å². The molecule has 84 valence electrons. The Morgan fingerprint density at radius 3 is 2.81 bits per heavy atom. The topological polar surface area (TPSA) is 39.2 Å². The predicted molar refractivity (Wildman–Crippen MR) is 67.6 cm³/mol. The van der Waals surface area contributed by atoms with Crippen LogP contribution in [-0.4, -0.2) is 0 Å². The summed E-state index contributed by atoms with van der Waals surface area (Å²) in [5.41, 5.74) is 6.68. The van der Waals surface area contributed by atoms with Crippen LogP contribution in [-0.2, 0) is 12.3 Å². The molecule has 2 rings (SSSR count). The zero-order valence-electron chi connectivity index (χ0n) is 8.65. The molecule has 0 aliphatic heterocycles.